The van der Waals surface area contributed by atoms with Crippen molar-refractivity contribution in [3.8, 4) is 0 Å². The highest BCUT2D eigenvalue weighted by Gasteiger charge is 2.70. The number of Topliss-reactive ketones (excluding diaryl/α,β-unsaturated/α-hetero) is 1. The molecule has 1 saturated carbocycles. The summed E-state index contributed by atoms with van der Waals surface area (Å²) in [6, 6.07) is -4.11. The molecule has 1 aliphatic carbocycles. The Morgan fingerprint density at radius 1 is 1.07 bits per heavy atom. The van der Waals surface area contributed by atoms with E-state index in [0.29, 0.717) is 13.0 Å². The van der Waals surface area contributed by atoms with Crippen LogP contribution >= 0.6 is 0 Å². The number of likely N-dealkylation sites (tertiary alicyclic amines) is 1. The molecule has 0 bridgehead atoms. The zero-order valence-corrected chi connectivity index (χ0v) is 27.9. The summed E-state index contributed by atoms with van der Waals surface area (Å²) in [7, 11) is -3.71. The third-order valence-corrected chi connectivity index (χ3v) is 9.09. The number of sulfonamides is 1. The van der Waals surface area contributed by atoms with Crippen LogP contribution in [0.5, 0.6) is 0 Å². The first-order chi connectivity index (χ1) is 19.7. The summed E-state index contributed by atoms with van der Waals surface area (Å²) in [5, 5.41) is 7.98. The summed E-state index contributed by atoms with van der Waals surface area (Å²) in [4.78, 5) is 68.1. The number of ketones is 1. The standard InChI is InChI=1S/C30H51N5O7S/c1-11-13-19(23(36)27(39)31-14-12-2)32-26(38)22-21-18(30(21,8)9)16-35(22)28(40)24(29(5,6)7)33-25(37)20(15-17(3)4)34-43(10,41)42/h12,17-22,24,34H,2,11,13-16H2,1,3-10H3,(H,31,39)(H,32,38)(H,33,37). The van der Waals surface area contributed by atoms with E-state index in [4.69, 9.17) is 0 Å². The molecule has 2 aliphatic rings. The van der Waals surface area contributed by atoms with Crippen molar-refractivity contribution < 1.29 is 32.4 Å². The molecule has 244 valence electrons. The molecule has 43 heavy (non-hydrogen) atoms. The van der Waals surface area contributed by atoms with Gasteiger partial charge in [-0.3, -0.25) is 24.0 Å². The van der Waals surface area contributed by atoms with E-state index in [1.165, 1.54) is 11.0 Å². The number of rotatable bonds is 15. The van der Waals surface area contributed by atoms with Crippen molar-refractivity contribution in [2.75, 3.05) is 19.3 Å². The average molecular weight is 626 g/mol. The van der Waals surface area contributed by atoms with Gasteiger partial charge in [0, 0.05) is 13.1 Å². The second-order valence-corrected chi connectivity index (χ2v) is 15.8. The summed E-state index contributed by atoms with van der Waals surface area (Å²) < 4.78 is 26.3. The van der Waals surface area contributed by atoms with Gasteiger partial charge in [0.2, 0.25) is 33.5 Å². The van der Waals surface area contributed by atoms with E-state index in [1.54, 1.807) is 20.8 Å². The summed E-state index contributed by atoms with van der Waals surface area (Å²) in [5.74, 6) is -3.34. The quantitative estimate of drug-likeness (QED) is 0.156. The SMILES string of the molecule is C=CCNC(=O)C(=O)C(CCC)NC(=O)C1C2C(CN1C(=O)C(NC(=O)C(CC(C)C)NS(C)(=O)=O)C(C)(C)C)C2(C)C. The van der Waals surface area contributed by atoms with Crippen LogP contribution in [0.25, 0.3) is 0 Å². The Labute approximate surface area is 256 Å². The largest absolute Gasteiger partial charge is 0.346 e. The maximum absolute atomic E-state index is 14.2. The van der Waals surface area contributed by atoms with Crippen LogP contribution in [-0.4, -0.2) is 86.2 Å². The third kappa shape index (κ3) is 9.10. The van der Waals surface area contributed by atoms with E-state index < -0.39 is 69.0 Å². The van der Waals surface area contributed by atoms with Crippen LogP contribution in [0.15, 0.2) is 12.7 Å². The smallest absolute Gasteiger partial charge is 0.289 e. The lowest BCUT2D eigenvalue weighted by Crippen LogP contribution is -2.62. The molecule has 2 rings (SSSR count). The predicted molar refractivity (Wildman–Crippen MR) is 164 cm³/mol. The van der Waals surface area contributed by atoms with Crippen molar-refractivity contribution >= 4 is 39.4 Å². The van der Waals surface area contributed by atoms with Crippen molar-refractivity contribution in [1.82, 2.24) is 25.6 Å². The fourth-order valence-corrected chi connectivity index (χ4v) is 6.75. The van der Waals surface area contributed by atoms with Gasteiger partial charge in [-0.15, -0.1) is 6.58 Å². The Morgan fingerprint density at radius 2 is 1.67 bits per heavy atom. The number of piperidine rings is 1. The third-order valence-electron chi connectivity index (χ3n) is 8.38. The van der Waals surface area contributed by atoms with Gasteiger partial charge in [-0.2, -0.15) is 0 Å². The Morgan fingerprint density at radius 3 is 2.16 bits per heavy atom. The molecule has 6 atom stereocenters. The average Bonchev–Trinajstić information content (AvgIpc) is 3.20. The van der Waals surface area contributed by atoms with Crippen LogP contribution in [0.2, 0.25) is 0 Å². The minimum absolute atomic E-state index is 0.00702. The number of nitrogens with one attached hydrogen (secondary N) is 4. The van der Waals surface area contributed by atoms with Crippen LogP contribution < -0.4 is 20.7 Å². The van der Waals surface area contributed by atoms with Crippen LogP contribution in [0, 0.1) is 28.6 Å². The molecule has 1 aliphatic heterocycles. The fourth-order valence-electron chi connectivity index (χ4n) is 6.03. The lowest BCUT2D eigenvalue weighted by atomic mass is 9.84. The molecule has 0 spiro atoms. The van der Waals surface area contributed by atoms with E-state index >= 15 is 0 Å². The van der Waals surface area contributed by atoms with E-state index in [1.807, 2.05) is 34.6 Å². The van der Waals surface area contributed by atoms with E-state index in [2.05, 4.69) is 27.3 Å². The second-order valence-electron chi connectivity index (χ2n) is 14.0. The lowest BCUT2D eigenvalue weighted by Gasteiger charge is -2.38. The highest BCUT2D eigenvalue weighted by molar-refractivity contribution is 7.88. The Balaban J connectivity index is 2.36. The minimum Gasteiger partial charge on any atom is -0.346 e. The van der Waals surface area contributed by atoms with Crippen LogP contribution in [0.3, 0.4) is 0 Å². The Hall–Kier alpha value is -2.80. The van der Waals surface area contributed by atoms with Crippen LogP contribution in [0.4, 0.5) is 0 Å². The van der Waals surface area contributed by atoms with Crippen LogP contribution in [-0.2, 0) is 34.0 Å². The van der Waals surface area contributed by atoms with Gasteiger partial charge < -0.3 is 20.9 Å². The summed E-state index contributed by atoms with van der Waals surface area (Å²) >= 11 is 0. The fraction of sp³-hybridized carbons (Fsp3) is 0.767. The monoisotopic (exact) mass is 625 g/mol. The molecule has 0 aromatic rings. The summed E-state index contributed by atoms with van der Waals surface area (Å²) in [5.41, 5.74) is -1.000. The molecule has 0 aromatic heterocycles. The van der Waals surface area contributed by atoms with Gasteiger partial charge in [-0.05, 0) is 41.4 Å². The topological polar surface area (TPSA) is 171 Å². The maximum Gasteiger partial charge on any atom is 0.289 e. The first kappa shape index (κ1) is 36.4. The molecular weight excluding hydrogens is 574 g/mol. The number of hydrogen-bond acceptors (Lipinski definition) is 7. The summed E-state index contributed by atoms with van der Waals surface area (Å²) in [6.07, 6.45) is 3.43. The Bertz CT molecular complexity index is 1210. The zero-order chi connectivity index (χ0) is 33.1. The van der Waals surface area contributed by atoms with Crippen molar-refractivity contribution in [1.29, 1.82) is 0 Å². The maximum atomic E-state index is 14.2. The van der Waals surface area contributed by atoms with Gasteiger partial charge in [-0.25, -0.2) is 13.1 Å². The van der Waals surface area contributed by atoms with Crippen molar-refractivity contribution in [2.24, 2.45) is 28.6 Å². The number of carbonyl (C=O) groups is 5. The minimum atomic E-state index is -3.71. The lowest BCUT2D eigenvalue weighted by molar-refractivity contribution is -0.146. The number of nitrogens with zero attached hydrogens (tertiary/aromatic N) is 1. The van der Waals surface area contributed by atoms with Gasteiger partial charge in [0.1, 0.15) is 18.1 Å². The zero-order valence-electron chi connectivity index (χ0n) is 27.1. The Kier molecular flexibility index (Phi) is 11.7. The van der Waals surface area contributed by atoms with Gasteiger partial charge in [-0.1, -0.05) is 67.9 Å². The molecule has 13 heteroatoms. The number of carbonyl (C=O) groups excluding carboxylic acids is 5. The van der Waals surface area contributed by atoms with Gasteiger partial charge in [0.25, 0.3) is 5.91 Å². The van der Waals surface area contributed by atoms with Crippen molar-refractivity contribution in [2.45, 2.75) is 98.8 Å². The molecule has 0 aromatic carbocycles. The highest BCUT2D eigenvalue weighted by Crippen LogP contribution is 2.65. The first-order valence-electron chi connectivity index (χ1n) is 15.0. The molecule has 2 fully saturated rings. The second kappa shape index (κ2) is 13.9. The van der Waals surface area contributed by atoms with Gasteiger partial charge >= 0.3 is 0 Å². The highest BCUT2D eigenvalue weighted by atomic mass is 32.2. The molecule has 0 radical (unpaired) electrons. The van der Waals surface area contributed by atoms with Crippen molar-refractivity contribution in [3.63, 3.8) is 0 Å². The van der Waals surface area contributed by atoms with Gasteiger partial charge in [0.05, 0.1) is 12.3 Å². The van der Waals surface area contributed by atoms with E-state index in [0.717, 1.165) is 6.26 Å². The number of fused-ring (bicyclic) bond motifs is 1. The number of amides is 4. The molecule has 4 N–H and O–H groups in total. The van der Waals surface area contributed by atoms with Gasteiger partial charge in [0.15, 0.2) is 0 Å². The molecule has 12 nitrogen and oxygen atoms in total. The van der Waals surface area contributed by atoms with Crippen LogP contribution in [0.1, 0.15) is 74.7 Å². The van der Waals surface area contributed by atoms with E-state index in [9.17, 15) is 32.4 Å². The normalized spacial score (nSPS) is 23.0. The predicted octanol–water partition coefficient (Wildman–Crippen LogP) is 1.12. The summed E-state index contributed by atoms with van der Waals surface area (Å²) in [6.45, 7) is 18.9. The van der Waals surface area contributed by atoms with E-state index in [-0.39, 0.29) is 42.6 Å². The van der Waals surface area contributed by atoms with Crippen molar-refractivity contribution in [3.05, 3.63) is 12.7 Å². The molecular formula is C30H51N5O7S. The number of hydrogen-bond donors (Lipinski definition) is 4. The molecule has 1 heterocycles. The molecule has 6 unspecified atom stereocenters. The molecule has 1 saturated heterocycles. The first-order valence-corrected chi connectivity index (χ1v) is 16.9. The molecule has 4 amide bonds.